The van der Waals surface area contributed by atoms with Gasteiger partial charge in [-0.3, -0.25) is 0 Å². The van der Waals surface area contributed by atoms with Crippen LogP contribution in [0.3, 0.4) is 0 Å². The monoisotopic (exact) mass is 194 g/mol. The van der Waals surface area contributed by atoms with E-state index >= 15 is 0 Å². The zero-order valence-electron chi connectivity index (χ0n) is 7.22. The summed E-state index contributed by atoms with van der Waals surface area (Å²) in [6, 6.07) is 0. The van der Waals surface area contributed by atoms with E-state index in [2.05, 4.69) is 9.78 Å². The van der Waals surface area contributed by atoms with Crippen LogP contribution in [0.2, 0.25) is 0 Å². The van der Waals surface area contributed by atoms with Crippen molar-refractivity contribution >= 4 is 23.0 Å². The molecule has 0 saturated carbocycles. The van der Waals surface area contributed by atoms with Gasteiger partial charge in [0.2, 0.25) is 0 Å². The van der Waals surface area contributed by atoms with Crippen LogP contribution < -0.4 is 0 Å². The summed E-state index contributed by atoms with van der Waals surface area (Å²) in [5.74, 6) is -0.612. The highest BCUT2D eigenvalue weighted by Gasteiger charge is 2.29. The Bertz CT molecular complexity index is 188. The lowest BCUT2D eigenvalue weighted by atomic mass is 9.91. The summed E-state index contributed by atoms with van der Waals surface area (Å²) < 4.78 is 0. The van der Waals surface area contributed by atoms with Gasteiger partial charge in [-0.05, 0) is 20.3 Å². The normalized spacial score (nSPS) is 10.7. The van der Waals surface area contributed by atoms with Crippen molar-refractivity contribution in [2.75, 3.05) is 0 Å². The first-order valence-electron chi connectivity index (χ1n) is 3.48. The van der Waals surface area contributed by atoms with Crippen molar-refractivity contribution in [3.8, 4) is 0 Å². The summed E-state index contributed by atoms with van der Waals surface area (Å²) in [6.07, 6.45) is 0.589. The van der Waals surface area contributed by atoms with Crippen molar-refractivity contribution in [1.82, 2.24) is 0 Å². The SMILES string of the molecule is CCC(C)(C)C(=O)OOC(=O)Cl. The quantitative estimate of drug-likeness (QED) is 0.384. The summed E-state index contributed by atoms with van der Waals surface area (Å²) in [5, 5.41) is 0. The highest BCUT2D eigenvalue weighted by molar-refractivity contribution is 6.61. The molecule has 0 saturated heterocycles. The van der Waals surface area contributed by atoms with E-state index in [1.807, 2.05) is 6.92 Å². The first-order chi connectivity index (χ1) is 5.40. The summed E-state index contributed by atoms with van der Waals surface area (Å²) in [5.41, 5.74) is -1.82. The number of hydrogen-bond donors (Lipinski definition) is 0. The van der Waals surface area contributed by atoms with Crippen molar-refractivity contribution in [3.63, 3.8) is 0 Å². The average Bonchev–Trinajstić information content (AvgIpc) is 2.00. The molecule has 70 valence electrons. The van der Waals surface area contributed by atoms with Crippen molar-refractivity contribution in [2.45, 2.75) is 27.2 Å². The van der Waals surface area contributed by atoms with Gasteiger partial charge in [-0.15, -0.1) is 0 Å². The molecule has 0 aromatic rings. The van der Waals surface area contributed by atoms with Crippen LogP contribution in [0.15, 0.2) is 0 Å². The molecule has 0 amide bonds. The van der Waals surface area contributed by atoms with E-state index < -0.39 is 16.8 Å². The highest BCUT2D eigenvalue weighted by Crippen LogP contribution is 2.21. The van der Waals surface area contributed by atoms with E-state index in [-0.39, 0.29) is 0 Å². The molecule has 0 bridgehead atoms. The number of hydrogen-bond acceptors (Lipinski definition) is 4. The molecular weight excluding hydrogens is 184 g/mol. The molecule has 0 atom stereocenters. The Morgan fingerprint density at radius 1 is 1.33 bits per heavy atom. The second-order valence-electron chi connectivity index (χ2n) is 2.93. The van der Waals surface area contributed by atoms with Gasteiger partial charge < -0.3 is 0 Å². The molecule has 0 aromatic carbocycles. The van der Waals surface area contributed by atoms with Crippen LogP contribution in [0.5, 0.6) is 0 Å². The third-order valence-corrected chi connectivity index (χ3v) is 1.68. The Labute approximate surface area is 75.7 Å². The number of halogens is 1. The van der Waals surface area contributed by atoms with E-state index in [0.29, 0.717) is 6.42 Å². The molecule has 0 radical (unpaired) electrons. The van der Waals surface area contributed by atoms with Crippen LogP contribution in [-0.2, 0) is 14.6 Å². The van der Waals surface area contributed by atoms with Gasteiger partial charge in [0.25, 0.3) is 0 Å². The first kappa shape index (κ1) is 11.2. The smallest absolute Gasteiger partial charge is 0.247 e. The van der Waals surface area contributed by atoms with Gasteiger partial charge in [-0.1, -0.05) is 6.92 Å². The average molecular weight is 195 g/mol. The third-order valence-electron chi connectivity index (χ3n) is 1.62. The van der Waals surface area contributed by atoms with Crippen molar-refractivity contribution in [3.05, 3.63) is 0 Å². The molecule has 0 aromatic heterocycles. The Morgan fingerprint density at radius 2 is 1.83 bits per heavy atom. The van der Waals surface area contributed by atoms with Crippen LogP contribution in [0.25, 0.3) is 0 Å². The second kappa shape index (κ2) is 4.30. The molecule has 5 heteroatoms. The minimum atomic E-state index is -1.16. The fraction of sp³-hybridized carbons (Fsp3) is 0.714. The maximum Gasteiger partial charge on any atom is 0.448 e. The van der Waals surface area contributed by atoms with E-state index in [0.717, 1.165) is 0 Å². The Hall–Kier alpha value is -0.770. The predicted molar refractivity (Wildman–Crippen MR) is 42.5 cm³/mol. The largest absolute Gasteiger partial charge is 0.448 e. The van der Waals surface area contributed by atoms with Gasteiger partial charge in [0.1, 0.15) is 0 Å². The Morgan fingerprint density at radius 3 is 2.17 bits per heavy atom. The van der Waals surface area contributed by atoms with Gasteiger partial charge in [-0.25, -0.2) is 19.4 Å². The predicted octanol–water partition coefficient (Wildman–Crippen LogP) is 2.26. The second-order valence-corrected chi connectivity index (χ2v) is 3.24. The number of carbonyl (C=O) groups is 2. The van der Waals surface area contributed by atoms with E-state index in [4.69, 9.17) is 11.6 Å². The van der Waals surface area contributed by atoms with Crippen molar-refractivity contribution in [1.29, 1.82) is 0 Å². The van der Waals surface area contributed by atoms with Gasteiger partial charge in [0.15, 0.2) is 0 Å². The van der Waals surface area contributed by atoms with Gasteiger partial charge in [0, 0.05) is 11.6 Å². The molecule has 0 spiro atoms. The van der Waals surface area contributed by atoms with Gasteiger partial charge in [-0.2, -0.15) is 0 Å². The number of rotatable bonds is 2. The van der Waals surface area contributed by atoms with Crippen LogP contribution >= 0.6 is 11.6 Å². The molecule has 0 N–H and O–H groups in total. The minimum absolute atomic E-state index is 0.589. The maximum atomic E-state index is 11.0. The van der Waals surface area contributed by atoms with Crippen molar-refractivity contribution < 1.29 is 19.4 Å². The lowest BCUT2D eigenvalue weighted by molar-refractivity contribution is -0.237. The number of carbonyl (C=O) groups excluding carboxylic acids is 2. The van der Waals surface area contributed by atoms with Crippen LogP contribution in [-0.4, -0.2) is 11.4 Å². The summed E-state index contributed by atoms with van der Waals surface area (Å²) in [7, 11) is 0. The fourth-order valence-electron chi connectivity index (χ4n) is 0.328. The van der Waals surface area contributed by atoms with Crippen LogP contribution in [0, 0.1) is 5.41 Å². The summed E-state index contributed by atoms with van der Waals surface area (Å²) in [4.78, 5) is 29.1. The molecular formula is C7H11ClO4. The molecule has 0 aliphatic carbocycles. The highest BCUT2D eigenvalue weighted by atomic mass is 35.5. The third kappa shape index (κ3) is 3.57. The summed E-state index contributed by atoms with van der Waals surface area (Å²) >= 11 is 4.78. The molecule has 0 rings (SSSR count). The topological polar surface area (TPSA) is 52.6 Å². The van der Waals surface area contributed by atoms with E-state index in [9.17, 15) is 9.59 Å². The minimum Gasteiger partial charge on any atom is -0.247 e. The van der Waals surface area contributed by atoms with Gasteiger partial charge >= 0.3 is 11.4 Å². The van der Waals surface area contributed by atoms with Crippen molar-refractivity contribution in [2.24, 2.45) is 5.41 Å². The molecule has 0 fully saturated rings. The zero-order chi connectivity index (χ0) is 9.78. The molecule has 12 heavy (non-hydrogen) atoms. The Kier molecular flexibility index (Phi) is 4.03. The molecule has 0 unspecified atom stereocenters. The summed E-state index contributed by atoms with van der Waals surface area (Å²) in [6.45, 7) is 5.18. The molecule has 0 aliphatic rings. The lowest BCUT2D eigenvalue weighted by Gasteiger charge is -2.17. The first-order valence-corrected chi connectivity index (χ1v) is 3.86. The molecule has 0 aliphatic heterocycles. The standard InChI is InChI=1S/C7H11ClO4/c1-4-7(2,3)5(9)11-12-6(8)10/h4H2,1-3H3. The lowest BCUT2D eigenvalue weighted by Crippen LogP contribution is -2.26. The maximum absolute atomic E-state index is 11.0. The van der Waals surface area contributed by atoms with E-state index in [1.165, 1.54) is 0 Å². The Balaban J connectivity index is 3.96. The van der Waals surface area contributed by atoms with Gasteiger partial charge in [0.05, 0.1) is 5.41 Å². The molecule has 0 heterocycles. The van der Waals surface area contributed by atoms with Crippen LogP contribution in [0.4, 0.5) is 4.79 Å². The fourth-order valence-corrected chi connectivity index (χ4v) is 0.359. The van der Waals surface area contributed by atoms with Crippen LogP contribution in [0.1, 0.15) is 27.2 Å². The zero-order valence-corrected chi connectivity index (χ0v) is 7.97. The molecule has 4 nitrogen and oxygen atoms in total. The van der Waals surface area contributed by atoms with E-state index in [1.54, 1.807) is 13.8 Å².